The van der Waals surface area contributed by atoms with Gasteiger partial charge in [0.15, 0.2) is 6.61 Å². The summed E-state index contributed by atoms with van der Waals surface area (Å²) in [5, 5.41) is 3.46. The van der Waals surface area contributed by atoms with Gasteiger partial charge in [0.1, 0.15) is 23.3 Å². The van der Waals surface area contributed by atoms with E-state index in [2.05, 4.69) is 5.32 Å². The molecule has 7 nitrogen and oxygen atoms in total. The molecule has 1 N–H and O–H groups in total. The molecule has 0 heterocycles. The first kappa shape index (κ1) is 30.5. The zero-order chi connectivity index (χ0) is 29.7. The van der Waals surface area contributed by atoms with Gasteiger partial charge in [-0.25, -0.2) is 0 Å². The second-order valence-corrected chi connectivity index (χ2v) is 10.1. The summed E-state index contributed by atoms with van der Waals surface area (Å²) in [5.74, 6) is 1.30. The number of carbonyl (C=O) groups is 2. The van der Waals surface area contributed by atoms with E-state index in [4.69, 9.17) is 25.8 Å². The average Bonchev–Trinajstić information content (AvgIpc) is 3.03. The zero-order valence-electron chi connectivity index (χ0n) is 23.8. The van der Waals surface area contributed by atoms with E-state index in [1.54, 1.807) is 43.4 Å². The summed E-state index contributed by atoms with van der Waals surface area (Å²) in [7, 11) is 3.23. The average molecular weight is 587 g/mol. The molecule has 4 aromatic rings. The van der Waals surface area contributed by atoms with Gasteiger partial charge in [-0.2, -0.15) is 0 Å². The van der Waals surface area contributed by atoms with Crippen molar-refractivity contribution >= 4 is 23.4 Å². The molecule has 42 heavy (non-hydrogen) atoms. The molecule has 0 aliphatic rings. The number of ether oxygens (including phenoxy) is 3. The van der Waals surface area contributed by atoms with Crippen LogP contribution in [0, 0.1) is 0 Å². The molecule has 0 saturated heterocycles. The number of carbonyl (C=O) groups excluding carboxylic acids is 2. The summed E-state index contributed by atoms with van der Waals surface area (Å²) in [6, 6.07) is 31.0. The third-order valence-corrected chi connectivity index (χ3v) is 7.16. The molecule has 0 spiro atoms. The van der Waals surface area contributed by atoms with E-state index in [1.807, 2.05) is 78.9 Å². The topological polar surface area (TPSA) is 77.1 Å². The minimum Gasteiger partial charge on any atom is -0.497 e. The van der Waals surface area contributed by atoms with Gasteiger partial charge in [0.05, 0.1) is 19.2 Å². The van der Waals surface area contributed by atoms with Crippen LogP contribution in [0.4, 0.5) is 0 Å². The van der Waals surface area contributed by atoms with Crippen molar-refractivity contribution < 1.29 is 23.8 Å². The Morgan fingerprint density at radius 3 is 1.98 bits per heavy atom. The Labute approximate surface area is 252 Å². The van der Waals surface area contributed by atoms with Crippen molar-refractivity contribution in [2.24, 2.45) is 0 Å². The monoisotopic (exact) mass is 586 g/mol. The summed E-state index contributed by atoms with van der Waals surface area (Å²) >= 11 is 6.26. The van der Waals surface area contributed by atoms with Gasteiger partial charge in [0.2, 0.25) is 5.91 Å². The van der Waals surface area contributed by atoms with Crippen molar-refractivity contribution in [3.63, 3.8) is 0 Å². The summed E-state index contributed by atoms with van der Waals surface area (Å²) in [6.45, 7) is 0.347. The van der Waals surface area contributed by atoms with Gasteiger partial charge in [0.25, 0.3) is 5.91 Å². The number of nitrogens with zero attached hydrogens (tertiary/aromatic N) is 1. The molecule has 4 rings (SSSR count). The van der Waals surface area contributed by atoms with E-state index in [9.17, 15) is 9.59 Å². The van der Waals surface area contributed by atoms with Crippen LogP contribution in [0.5, 0.6) is 17.2 Å². The highest BCUT2D eigenvalue weighted by molar-refractivity contribution is 6.32. The summed E-state index contributed by atoms with van der Waals surface area (Å²) in [6.07, 6.45) is 0.971. The van der Waals surface area contributed by atoms with Crippen LogP contribution in [0.2, 0.25) is 5.02 Å². The van der Waals surface area contributed by atoms with Crippen molar-refractivity contribution in [3.8, 4) is 17.2 Å². The van der Waals surface area contributed by atoms with E-state index in [0.29, 0.717) is 35.9 Å². The van der Waals surface area contributed by atoms with Crippen molar-refractivity contribution in [1.82, 2.24) is 10.2 Å². The smallest absolute Gasteiger partial charge is 0.261 e. The van der Waals surface area contributed by atoms with E-state index >= 15 is 0 Å². The first-order chi connectivity index (χ1) is 20.5. The minimum atomic E-state index is -0.785. The number of hydrogen-bond acceptors (Lipinski definition) is 5. The molecule has 0 aliphatic heterocycles. The van der Waals surface area contributed by atoms with Crippen molar-refractivity contribution in [1.29, 1.82) is 0 Å². The van der Waals surface area contributed by atoms with Gasteiger partial charge in [-0.1, -0.05) is 78.3 Å². The zero-order valence-corrected chi connectivity index (χ0v) is 24.6. The molecular weight excluding hydrogens is 552 g/mol. The molecule has 0 bridgehead atoms. The number of amides is 2. The fourth-order valence-corrected chi connectivity index (χ4v) is 4.70. The van der Waals surface area contributed by atoms with E-state index in [0.717, 1.165) is 22.4 Å². The van der Waals surface area contributed by atoms with Gasteiger partial charge < -0.3 is 24.4 Å². The third-order valence-electron chi connectivity index (χ3n) is 6.84. The number of halogens is 1. The lowest BCUT2D eigenvalue weighted by Crippen LogP contribution is -2.52. The normalized spacial score (nSPS) is 11.3. The Hall–Kier alpha value is -4.49. The predicted octanol–water partition coefficient (Wildman–Crippen LogP) is 5.74. The van der Waals surface area contributed by atoms with Crippen LogP contribution < -0.4 is 19.5 Å². The van der Waals surface area contributed by atoms with E-state index in [-0.39, 0.29) is 25.0 Å². The Morgan fingerprint density at radius 1 is 0.762 bits per heavy atom. The molecule has 0 aromatic heterocycles. The van der Waals surface area contributed by atoms with Crippen molar-refractivity contribution in [2.45, 2.75) is 25.4 Å². The maximum absolute atomic E-state index is 13.8. The van der Waals surface area contributed by atoms with Gasteiger partial charge in [-0.05, 0) is 59.5 Å². The maximum atomic E-state index is 13.8. The Balaban J connectivity index is 1.57. The third kappa shape index (κ3) is 8.75. The summed E-state index contributed by atoms with van der Waals surface area (Å²) in [5.41, 5.74) is 2.85. The lowest BCUT2D eigenvalue weighted by molar-refractivity contribution is -0.142. The number of rotatable bonds is 14. The van der Waals surface area contributed by atoms with Gasteiger partial charge in [-0.15, -0.1) is 0 Å². The standard InChI is InChI=1S/C34H35ClN2O5/c1-40-28-16-12-25(13-17-28)20-21-36-34(39)31(22-26-8-4-3-5-9-26)37(23-27-14-18-29(41-2)19-15-27)33(38)24-42-32-11-7-6-10-30(32)35/h3-19,31H,20-24H2,1-2H3,(H,36,39). The molecule has 0 fully saturated rings. The fourth-order valence-electron chi connectivity index (χ4n) is 4.51. The molecule has 0 radical (unpaired) electrons. The van der Waals surface area contributed by atoms with Crippen LogP contribution in [0.1, 0.15) is 16.7 Å². The Morgan fingerprint density at radius 2 is 1.36 bits per heavy atom. The largest absolute Gasteiger partial charge is 0.497 e. The lowest BCUT2D eigenvalue weighted by Gasteiger charge is -2.31. The number of benzene rings is 4. The minimum absolute atomic E-state index is 0.206. The molecule has 1 unspecified atom stereocenters. The first-order valence-electron chi connectivity index (χ1n) is 13.7. The van der Waals surface area contributed by atoms with Crippen molar-refractivity contribution in [3.05, 3.63) is 125 Å². The van der Waals surface area contributed by atoms with Gasteiger partial charge >= 0.3 is 0 Å². The highest BCUT2D eigenvalue weighted by atomic mass is 35.5. The van der Waals surface area contributed by atoms with Crippen LogP contribution >= 0.6 is 11.6 Å². The first-order valence-corrected chi connectivity index (χ1v) is 14.1. The van der Waals surface area contributed by atoms with Crippen LogP contribution in [0.15, 0.2) is 103 Å². The molecule has 1 atom stereocenters. The van der Waals surface area contributed by atoms with Crippen LogP contribution in [0.25, 0.3) is 0 Å². The predicted molar refractivity (Wildman–Crippen MR) is 164 cm³/mol. The lowest BCUT2D eigenvalue weighted by atomic mass is 10.0. The maximum Gasteiger partial charge on any atom is 0.261 e. The van der Waals surface area contributed by atoms with Crippen LogP contribution in [0.3, 0.4) is 0 Å². The quantitative estimate of drug-likeness (QED) is 0.204. The molecular formula is C34H35ClN2O5. The fraction of sp³-hybridized carbons (Fsp3) is 0.235. The second-order valence-electron chi connectivity index (χ2n) is 9.68. The second kappa shape index (κ2) is 15.5. The number of para-hydroxylation sites is 1. The number of methoxy groups -OCH3 is 2. The highest BCUT2D eigenvalue weighted by Gasteiger charge is 2.30. The summed E-state index contributed by atoms with van der Waals surface area (Å²) < 4.78 is 16.3. The molecule has 0 saturated carbocycles. The van der Waals surface area contributed by atoms with Crippen LogP contribution in [-0.2, 0) is 29.0 Å². The molecule has 8 heteroatoms. The van der Waals surface area contributed by atoms with Gasteiger partial charge in [-0.3, -0.25) is 9.59 Å². The number of nitrogens with one attached hydrogen (secondary N) is 1. The molecule has 4 aromatic carbocycles. The SMILES string of the molecule is COc1ccc(CCNC(=O)C(Cc2ccccc2)N(Cc2ccc(OC)cc2)C(=O)COc2ccccc2Cl)cc1. The summed E-state index contributed by atoms with van der Waals surface area (Å²) in [4.78, 5) is 29.2. The number of hydrogen-bond donors (Lipinski definition) is 1. The van der Waals surface area contributed by atoms with E-state index in [1.165, 1.54) is 0 Å². The van der Waals surface area contributed by atoms with Gasteiger partial charge in [0, 0.05) is 19.5 Å². The Bertz CT molecular complexity index is 1430. The van der Waals surface area contributed by atoms with E-state index < -0.39 is 6.04 Å². The van der Waals surface area contributed by atoms with Crippen molar-refractivity contribution in [2.75, 3.05) is 27.4 Å². The molecule has 2 amide bonds. The van der Waals surface area contributed by atoms with Crippen LogP contribution in [-0.4, -0.2) is 50.1 Å². The highest BCUT2D eigenvalue weighted by Crippen LogP contribution is 2.24. The Kier molecular flexibility index (Phi) is 11.2. The molecule has 0 aliphatic carbocycles. The molecule has 218 valence electrons.